The highest BCUT2D eigenvalue weighted by atomic mass is 79.9. The summed E-state index contributed by atoms with van der Waals surface area (Å²) in [5.74, 6) is 0.725. The molecule has 0 aliphatic heterocycles. The first kappa shape index (κ1) is 12.8. The second-order valence-electron chi connectivity index (χ2n) is 3.84. The normalized spacial score (nSPS) is 10.4. The van der Waals surface area contributed by atoms with Crippen molar-refractivity contribution in [2.24, 2.45) is 0 Å². The van der Waals surface area contributed by atoms with Crippen LogP contribution in [0.3, 0.4) is 0 Å². The average molecular weight is 309 g/mol. The fourth-order valence-corrected chi connectivity index (χ4v) is 1.87. The molecule has 2 rings (SSSR count). The number of halogens is 1. The second kappa shape index (κ2) is 5.35. The number of hydrogen-bond acceptors (Lipinski definition) is 3. The standard InChI is InChI=1S/C13H13BrN2O2/c1-3-16-7-6-15-12(13(16)17)18-11-8-10(14)5-4-9(11)2/h4-8H,3H2,1-2H3. The molecule has 2 aromatic rings. The van der Waals surface area contributed by atoms with Crippen molar-refractivity contribution in [1.29, 1.82) is 0 Å². The summed E-state index contributed by atoms with van der Waals surface area (Å²) in [5, 5.41) is 0. The Balaban J connectivity index is 2.40. The predicted octanol–water partition coefficient (Wildman–Crippen LogP) is 3.13. The molecule has 0 saturated heterocycles. The van der Waals surface area contributed by atoms with Crippen molar-refractivity contribution in [2.45, 2.75) is 20.4 Å². The maximum atomic E-state index is 12.0. The summed E-state index contributed by atoms with van der Waals surface area (Å²) in [5.41, 5.74) is 0.727. The van der Waals surface area contributed by atoms with Crippen molar-refractivity contribution in [3.8, 4) is 11.6 Å². The fourth-order valence-electron chi connectivity index (χ4n) is 1.53. The Morgan fingerprint density at radius 3 is 2.94 bits per heavy atom. The van der Waals surface area contributed by atoms with Crippen molar-refractivity contribution in [2.75, 3.05) is 0 Å². The third kappa shape index (κ3) is 2.61. The first-order valence-corrected chi connectivity index (χ1v) is 6.40. The number of rotatable bonds is 3. The molecule has 0 N–H and O–H groups in total. The molecule has 0 radical (unpaired) electrons. The molecule has 0 spiro atoms. The monoisotopic (exact) mass is 308 g/mol. The van der Waals surface area contributed by atoms with Gasteiger partial charge in [-0.05, 0) is 31.5 Å². The molecule has 18 heavy (non-hydrogen) atoms. The quantitative estimate of drug-likeness (QED) is 0.875. The van der Waals surface area contributed by atoms with E-state index >= 15 is 0 Å². The molecule has 1 aromatic heterocycles. The first-order chi connectivity index (χ1) is 8.61. The molecule has 1 heterocycles. The van der Waals surface area contributed by atoms with Crippen LogP contribution in [0.2, 0.25) is 0 Å². The van der Waals surface area contributed by atoms with Gasteiger partial charge in [0.25, 0.3) is 5.88 Å². The highest BCUT2D eigenvalue weighted by Gasteiger charge is 2.08. The van der Waals surface area contributed by atoms with Crippen LogP contribution < -0.4 is 10.3 Å². The Morgan fingerprint density at radius 2 is 2.22 bits per heavy atom. The van der Waals surface area contributed by atoms with Crippen LogP contribution in [0.4, 0.5) is 0 Å². The van der Waals surface area contributed by atoms with Gasteiger partial charge in [-0.15, -0.1) is 0 Å². The minimum atomic E-state index is -0.223. The highest BCUT2D eigenvalue weighted by Crippen LogP contribution is 2.25. The summed E-state index contributed by atoms with van der Waals surface area (Å²) in [7, 11) is 0. The van der Waals surface area contributed by atoms with E-state index in [4.69, 9.17) is 4.74 Å². The SMILES string of the molecule is CCn1ccnc(Oc2cc(Br)ccc2C)c1=O. The minimum absolute atomic E-state index is 0.0977. The Kier molecular flexibility index (Phi) is 3.81. The van der Waals surface area contributed by atoms with Crippen LogP contribution in [0, 0.1) is 6.92 Å². The molecule has 0 fully saturated rings. The van der Waals surface area contributed by atoms with Gasteiger partial charge in [-0.2, -0.15) is 0 Å². The molecule has 0 unspecified atom stereocenters. The van der Waals surface area contributed by atoms with Gasteiger partial charge >= 0.3 is 5.56 Å². The first-order valence-electron chi connectivity index (χ1n) is 5.61. The van der Waals surface area contributed by atoms with Gasteiger partial charge < -0.3 is 9.30 Å². The molecule has 0 aliphatic rings. The number of ether oxygens (including phenoxy) is 1. The lowest BCUT2D eigenvalue weighted by atomic mass is 10.2. The number of aromatic nitrogens is 2. The van der Waals surface area contributed by atoms with Crippen molar-refractivity contribution in [3.05, 3.63) is 51.0 Å². The van der Waals surface area contributed by atoms with E-state index in [1.54, 1.807) is 17.0 Å². The zero-order valence-electron chi connectivity index (χ0n) is 10.2. The lowest BCUT2D eigenvalue weighted by Crippen LogP contribution is -2.20. The van der Waals surface area contributed by atoms with Crippen LogP contribution in [0.25, 0.3) is 0 Å². The lowest BCUT2D eigenvalue weighted by Gasteiger charge is -2.09. The summed E-state index contributed by atoms with van der Waals surface area (Å²) < 4.78 is 8.04. The third-order valence-corrected chi connectivity index (χ3v) is 3.07. The molecule has 0 bridgehead atoms. The molecule has 0 amide bonds. The zero-order chi connectivity index (χ0) is 13.1. The van der Waals surface area contributed by atoms with Crippen LogP contribution in [0.5, 0.6) is 11.6 Å². The topological polar surface area (TPSA) is 44.1 Å². The van der Waals surface area contributed by atoms with E-state index in [2.05, 4.69) is 20.9 Å². The summed E-state index contributed by atoms with van der Waals surface area (Å²) in [6.07, 6.45) is 3.20. The third-order valence-electron chi connectivity index (χ3n) is 2.58. The Labute approximate surface area is 113 Å². The van der Waals surface area contributed by atoms with Crippen LogP contribution in [-0.4, -0.2) is 9.55 Å². The van der Waals surface area contributed by atoms with Gasteiger partial charge in [-0.3, -0.25) is 4.79 Å². The zero-order valence-corrected chi connectivity index (χ0v) is 11.8. The second-order valence-corrected chi connectivity index (χ2v) is 4.75. The number of hydrogen-bond donors (Lipinski definition) is 0. The van der Waals surface area contributed by atoms with Gasteiger partial charge in [0.2, 0.25) is 0 Å². The molecule has 5 heteroatoms. The average Bonchev–Trinajstić information content (AvgIpc) is 2.36. The van der Waals surface area contributed by atoms with E-state index in [1.807, 2.05) is 32.0 Å². The Hall–Kier alpha value is -1.62. The number of nitrogens with zero attached hydrogens (tertiary/aromatic N) is 2. The van der Waals surface area contributed by atoms with Crippen LogP contribution >= 0.6 is 15.9 Å². The molecule has 94 valence electrons. The molecule has 0 aliphatic carbocycles. The molecule has 0 saturated carbocycles. The van der Waals surface area contributed by atoms with Crippen LogP contribution in [-0.2, 0) is 6.54 Å². The smallest absolute Gasteiger partial charge is 0.313 e. The Bertz CT molecular complexity index is 623. The van der Waals surface area contributed by atoms with E-state index in [1.165, 1.54) is 0 Å². The highest BCUT2D eigenvalue weighted by molar-refractivity contribution is 9.10. The predicted molar refractivity (Wildman–Crippen MR) is 73.1 cm³/mol. The van der Waals surface area contributed by atoms with Crippen molar-refractivity contribution in [1.82, 2.24) is 9.55 Å². The van der Waals surface area contributed by atoms with Crippen LogP contribution in [0.1, 0.15) is 12.5 Å². The van der Waals surface area contributed by atoms with Gasteiger partial charge in [0.05, 0.1) is 0 Å². The minimum Gasteiger partial charge on any atom is -0.434 e. The molecule has 0 atom stereocenters. The van der Waals surface area contributed by atoms with Crippen molar-refractivity contribution in [3.63, 3.8) is 0 Å². The van der Waals surface area contributed by atoms with Crippen molar-refractivity contribution >= 4 is 15.9 Å². The van der Waals surface area contributed by atoms with Gasteiger partial charge in [0, 0.05) is 23.4 Å². The van der Waals surface area contributed by atoms with Crippen LogP contribution in [0.15, 0.2) is 39.9 Å². The maximum absolute atomic E-state index is 12.0. The van der Waals surface area contributed by atoms with E-state index in [0.29, 0.717) is 12.3 Å². The van der Waals surface area contributed by atoms with Gasteiger partial charge in [0.15, 0.2) is 0 Å². The number of aryl methyl sites for hydroxylation is 2. The molecular formula is C13H13BrN2O2. The number of benzene rings is 1. The van der Waals surface area contributed by atoms with E-state index in [0.717, 1.165) is 10.0 Å². The van der Waals surface area contributed by atoms with E-state index in [-0.39, 0.29) is 11.4 Å². The largest absolute Gasteiger partial charge is 0.434 e. The van der Waals surface area contributed by atoms with Crippen molar-refractivity contribution < 1.29 is 4.74 Å². The summed E-state index contributed by atoms with van der Waals surface area (Å²) in [4.78, 5) is 15.9. The maximum Gasteiger partial charge on any atom is 0.313 e. The molecule has 1 aromatic carbocycles. The summed E-state index contributed by atoms with van der Waals surface area (Å²) in [6, 6.07) is 5.66. The summed E-state index contributed by atoms with van der Waals surface area (Å²) >= 11 is 3.37. The summed E-state index contributed by atoms with van der Waals surface area (Å²) in [6.45, 7) is 4.41. The van der Waals surface area contributed by atoms with E-state index < -0.39 is 0 Å². The Morgan fingerprint density at radius 1 is 1.44 bits per heavy atom. The van der Waals surface area contributed by atoms with Gasteiger partial charge in [-0.1, -0.05) is 22.0 Å². The van der Waals surface area contributed by atoms with Gasteiger partial charge in [0.1, 0.15) is 5.75 Å². The molecular weight excluding hydrogens is 296 g/mol. The lowest BCUT2D eigenvalue weighted by molar-refractivity contribution is 0.442. The molecule has 4 nitrogen and oxygen atoms in total. The fraction of sp³-hybridized carbons (Fsp3) is 0.231. The van der Waals surface area contributed by atoms with E-state index in [9.17, 15) is 4.79 Å². The van der Waals surface area contributed by atoms with Gasteiger partial charge in [-0.25, -0.2) is 4.98 Å².